The van der Waals surface area contributed by atoms with Gasteiger partial charge in [-0.3, -0.25) is 19.1 Å². The Bertz CT molecular complexity index is 935. The van der Waals surface area contributed by atoms with Crippen molar-refractivity contribution in [3.8, 4) is 5.75 Å². The van der Waals surface area contributed by atoms with Crippen molar-refractivity contribution in [2.45, 2.75) is 13.3 Å². The third kappa shape index (κ3) is 3.71. The number of hydrogen-bond acceptors (Lipinski definition) is 4. The van der Waals surface area contributed by atoms with Crippen LogP contribution in [0.5, 0.6) is 5.75 Å². The first kappa shape index (κ1) is 19.4. The monoisotopic (exact) mass is 366 g/mol. The Morgan fingerprint density at radius 1 is 1.28 bits per heavy atom. The van der Waals surface area contributed by atoms with E-state index in [1.54, 1.807) is 50.6 Å². The number of benzene rings is 1. The van der Waals surface area contributed by atoms with Gasteiger partial charge in [0.2, 0.25) is 0 Å². The molecule has 3 aromatic rings. The molecule has 2 aromatic heterocycles. The summed E-state index contributed by atoms with van der Waals surface area (Å²) in [6.45, 7) is 1.75. The van der Waals surface area contributed by atoms with Gasteiger partial charge in [0.25, 0.3) is 5.91 Å². The van der Waals surface area contributed by atoms with E-state index in [1.165, 1.54) is 10.8 Å². The number of carbonyl (C=O) groups excluding carboxylic acids is 1. The van der Waals surface area contributed by atoms with Crippen LogP contribution in [0.3, 0.4) is 0 Å². The van der Waals surface area contributed by atoms with Crippen LogP contribution in [-0.4, -0.2) is 71.4 Å². The number of rotatable bonds is 4. The summed E-state index contributed by atoms with van der Waals surface area (Å²) >= 11 is 0. The molecule has 0 fully saturated rings. The zero-order chi connectivity index (χ0) is 17.3. The van der Waals surface area contributed by atoms with E-state index in [9.17, 15) is 14.7 Å². The van der Waals surface area contributed by atoms with Gasteiger partial charge in [0.1, 0.15) is 5.75 Å². The van der Waals surface area contributed by atoms with Gasteiger partial charge in [-0.05, 0) is 42.8 Å². The number of nitrogens with zero attached hydrogens (tertiary/aromatic N) is 2. The third-order valence-corrected chi connectivity index (χ3v) is 3.98. The maximum absolute atomic E-state index is 12.9. The number of hydrogen-bond donors (Lipinski definition) is 1. The second kappa shape index (κ2) is 7.99. The van der Waals surface area contributed by atoms with Crippen LogP contribution < -0.4 is 4.74 Å². The summed E-state index contributed by atoms with van der Waals surface area (Å²) in [6.07, 6.45) is 2.93. The van der Waals surface area contributed by atoms with E-state index in [0.717, 1.165) is 0 Å². The Balaban J connectivity index is 0.00000225. The van der Waals surface area contributed by atoms with E-state index in [0.29, 0.717) is 33.5 Å². The van der Waals surface area contributed by atoms with E-state index in [2.05, 4.69) is 4.98 Å². The topological polar surface area (TPSA) is 81.4 Å². The molecule has 0 saturated carbocycles. The van der Waals surface area contributed by atoms with E-state index < -0.39 is 5.97 Å². The van der Waals surface area contributed by atoms with Gasteiger partial charge < -0.3 is 9.84 Å². The quantitative estimate of drug-likeness (QED) is 0.712. The van der Waals surface area contributed by atoms with Crippen LogP contribution >= 0.6 is 0 Å². The molecule has 0 unspecified atom stereocenters. The molecule has 0 aliphatic carbocycles. The molecule has 0 amide bonds. The van der Waals surface area contributed by atoms with Crippen LogP contribution in [0.15, 0.2) is 42.7 Å². The van der Waals surface area contributed by atoms with Crippen LogP contribution in [0, 0.1) is 6.92 Å². The number of ether oxygens (including phenoxy) is 1. The Kier molecular flexibility index (Phi) is 6.21. The first-order valence-corrected chi connectivity index (χ1v) is 7.37. The van der Waals surface area contributed by atoms with Crippen LogP contribution in [0.25, 0.3) is 10.9 Å². The number of carboxylic acid groups (broad SMARTS) is 1. The van der Waals surface area contributed by atoms with Crippen molar-refractivity contribution in [3.05, 3.63) is 59.5 Å². The van der Waals surface area contributed by atoms with Gasteiger partial charge in [0.15, 0.2) is 0 Å². The van der Waals surface area contributed by atoms with Crippen molar-refractivity contribution in [2.24, 2.45) is 0 Å². The van der Waals surface area contributed by atoms with Crippen LogP contribution in [-0.2, 0) is 11.2 Å². The fourth-order valence-electron chi connectivity index (χ4n) is 2.84. The van der Waals surface area contributed by atoms with Crippen LogP contribution in [0.4, 0.5) is 0 Å². The summed E-state index contributed by atoms with van der Waals surface area (Å²) in [7, 11) is 1.54. The van der Waals surface area contributed by atoms with E-state index in [4.69, 9.17) is 4.74 Å². The van der Waals surface area contributed by atoms with Gasteiger partial charge in [-0.1, -0.05) is 0 Å². The molecule has 0 aliphatic heterocycles. The van der Waals surface area contributed by atoms with Crippen molar-refractivity contribution in [2.75, 3.05) is 7.11 Å². The van der Waals surface area contributed by atoms with Crippen molar-refractivity contribution >= 4 is 60.5 Å². The molecule has 0 aliphatic rings. The predicted octanol–water partition coefficient (Wildman–Crippen LogP) is 1.75. The fraction of sp³-hybridized carbons (Fsp3) is 0.167. The summed E-state index contributed by atoms with van der Waals surface area (Å²) in [5.74, 6) is -0.582. The number of carboxylic acids is 1. The van der Waals surface area contributed by atoms with E-state index >= 15 is 0 Å². The average molecular weight is 366 g/mol. The van der Waals surface area contributed by atoms with Crippen molar-refractivity contribution in [1.82, 2.24) is 9.55 Å². The van der Waals surface area contributed by atoms with Crippen molar-refractivity contribution in [1.29, 1.82) is 0 Å². The first-order chi connectivity index (χ1) is 11.5. The standard InChI is InChI=1S/C18H16N2O4.Ca.2H/c1-11-14(9-17(21)22)15-8-13(24-2)5-6-16(15)20(11)18(23)12-4-3-7-19-10-12;;;/h3-8,10H,9H2,1-2H3,(H,21,22);;;. The zero-order valence-corrected chi connectivity index (χ0v) is 13.3. The van der Waals surface area contributed by atoms with Gasteiger partial charge >= 0.3 is 43.7 Å². The molecule has 7 heteroatoms. The minimum absolute atomic E-state index is 0. The van der Waals surface area contributed by atoms with Crippen molar-refractivity contribution < 1.29 is 19.4 Å². The van der Waals surface area contributed by atoms with Gasteiger partial charge in [-0.25, -0.2) is 0 Å². The molecule has 0 bridgehead atoms. The van der Waals surface area contributed by atoms with Gasteiger partial charge in [-0.2, -0.15) is 0 Å². The fourth-order valence-corrected chi connectivity index (χ4v) is 2.84. The molecule has 0 saturated heterocycles. The molecule has 0 atom stereocenters. The van der Waals surface area contributed by atoms with Crippen LogP contribution in [0.1, 0.15) is 21.6 Å². The molecular formula is C18H18CaN2O4. The van der Waals surface area contributed by atoms with E-state index in [-0.39, 0.29) is 50.1 Å². The molecule has 6 nitrogen and oxygen atoms in total. The number of methoxy groups -OCH3 is 1. The molecule has 2 heterocycles. The summed E-state index contributed by atoms with van der Waals surface area (Å²) in [6, 6.07) is 8.64. The molecule has 1 aromatic carbocycles. The summed E-state index contributed by atoms with van der Waals surface area (Å²) < 4.78 is 6.76. The zero-order valence-electron chi connectivity index (χ0n) is 13.3. The number of pyridine rings is 1. The molecule has 0 spiro atoms. The Labute approximate surface area is 174 Å². The summed E-state index contributed by atoms with van der Waals surface area (Å²) in [4.78, 5) is 28.1. The molecular weight excluding hydrogens is 348 g/mol. The van der Waals surface area contributed by atoms with Crippen LogP contribution in [0.2, 0.25) is 0 Å². The third-order valence-electron chi connectivity index (χ3n) is 3.98. The molecule has 1 N–H and O–H groups in total. The first-order valence-electron chi connectivity index (χ1n) is 7.37. The Morgan fingerprint density at radius 2 is 2.04 bits per heavy atom. The Hall–Kier alpha value is -1.89. The molecule has 0 radical (unpaired) electrons. The van der Waals surface area contributed by atoms with Gasteiger partial charge in [-0.15, -0.1) is 0 Å². The second-order valence-corrected chi connectivity index (χ2v) is 5.40. The van der Waals surface area contributed by atoms with Crippen molar-refractivity contribution in [3.63, 3.8) is 0 Å². The number of aromatic nitrogens is 2. The SMILES string of the molecule is COc1ccc2c(c1)c(CC(=O)O)c(C)n2C(=O)c1cccnc1.[CaH2]. The predicted molar refractivity (Wildman–Crippen MR) is 97.1 cm³/mol. The van der Waals surface area contributed by atoms with Gasteiger partial charge in [0, 0.05) is 23.5 Å². The number of carbonyl (C=O) groups is 2. The summed E-state index contributed by atoms with van der Waals surface area (Å²) in [5, 5.41) is 9.91. The second-order valence-electron chi connectivity index (χ2n) is 5.40. The normalized spacial score (nSPS) is 10.3. The molecule has 25 heavy (non-hydrogen) atoms. The Morgan fingerprint density at radius 3 is 2.64 bits per heavy atom. The average Bonchev–Trinajstić information content (AvgIpc) is 2.86. The number of fused-ring (bicyclic) bond motifs is 1. The molecule has 126 valence electrons. The number of aliphatic carboxylic acids is 1. The molecule has 3 rings (SSSR count). The van der Waals surface area contributed by atoms with E-state index in [1.807, 2.05) is 0 Å². The van der Waals surface area contributed by atoms with Gasteiger partial charge in [0.05, 0.1) is 24.6 Å². The summed E-state index contributed by atoms with van der Waals surface area (Å²) in [5.41, 5.74) is 2.30. The maximum atomic E-state index is 12.9. The minimum atomic E-state index is -0.950.